The summed E-state index contributed by atoms with van der Waals surface area (Å²) < 4.78 is 5.28. The van der Waals surface area contributed by atoms with Crippen molar-refractivity contribution in [3.8, 4) is 5.75 Å². The zero-order chi connectivity index (χ0) is 12.1. The number of anilines is 1. The van der Waals surface area contributed by atoms with Crippen molar-refractivity contribution in [2.75, 3.05) is 12.4 Å². The number of nitrogens with zero attached hydrogens (tertiary/aromatic N) is 1. The highest BCUT2D eigenvalue weighted by Gasteiger charge is 2.06. The molecule has 0 atom stereocenters. The first-order valence-electron chi connectivity index (χ1n) is 5.26. The van der Waals surface area contributed by atoms with Gasteiger partial charge >= 0.3 is 0 Å². The fourth-order valence-electron chi connectivity index (χ4n) is 1.56. The molecule has 0 aliphatic carbocycles. The molecule has 1 heterocycles. The molecule has 1 N–H and O–H groups in total. The van der Waals surface area contributed by atoms with Gasteiger partial charge in [-0.1, -0.05) is 17.7 Å². The number of hydrogen-bond acceptors (Lipinski definition) is 3. The molecule has 88 valence electrons. The van der Waals surface area contributed by atoms with Crippen molar-refractivity contribution in [1.29, 1.82) is 0 Å². The van der Waals surface area contributed by atoms with E-state index in [0.29, 0.717) is 11.6 Å². The summed E-state index contributed by atoms with van der Waals surface area (Å²) in [5.41, 5.74) is 1.95. The van der Waals surface area contributed by atoms with Gasteiger partial charge in [0.2, 0.25) is 0 Å². The summed E-state index contributed by atoms with van der Waals surface area (Å²) in [5.74, 6) is 0.791. The van der Waals surface area contributed by atoms with Crippen molar-refractivity contribution >= 4 is 17.3 Å². The van der Waals surface area contributed by atoms with Crippen LogP contribution < -0.4 is 10.1 Å². The second-order valence-corrected chi connectivity index (χ2v) is 3.92. The Morgan fingerprint density at radius 1 is 1.24 bits per heavy atom. The number of methoxy groups -OCH3 is 1. The maximum atomic E-state index is 6.14. The Morgan fingerprint density at radius 3 is 2.71 bits per heavy atom. The van der Waals surface area contributed by atoms with Crippen LogP contribution in [0, 0.1) is 0 Å². The van der Waals surface area contributed by atoms with E-state index in [4.69, 9.17) is 16.3 Å². The Kier molecular flexibility index (Phi) is 3.83. The Balaban J connectivity index is 2.14. The molecule has 0 amide bonds. The van der Waals surface area contributed by atoms with Crippen molar-refractivity contribution in [2.24, 2.45) is 0 Å². The quantitative estimate of drug-likeness (QED) is 0.901. The van der Waals surface area contributed by atoms with Gasteiger partial charge in [-0.05, 0) is 24.3 Å². The summed E-state index contributed by atoms with van der Waals surface area (Å²) in [6.07, 6.45) is 3.48. The zero-order valence-electron chi connectivity index (χ0n) is 9.48. The molecule has 0 saturated carbocycles. The van der Waals surface area contributed by atoms with Crippen LogP contribution in [0.25, 0.3) is 0 Å². The molecule has 0 spiro atoms. The molecule has 0 fully saturated rings. The van der Waals surface area contributed by atoms with E-state index in [1.807, 2.05) is 30.3 Å². The van der Waals surface area contributed by atoms with Crippen LogP contribution in [-0.2, 0) is 6.54 Å². The molecule has 4 heteroatoms. The van der Waals surface area contributed by atoms with Gasteiger partial charge in [0.1, 0.15) is 5.75 Å². The topological polar surface area (TPSA) is 34.1 Å². The SMILES string of the molecule is COc1cccc(Cl)c1CNc1ccncc1. The Hall–Kier alpha value is -1.74. The minimum atomic E-state index is 0.618. The lowest BCUT2D eigenvalue weighted by atomic mass is 10.2. The summed E-state index contributed by atoms with van der Waals surface area (Å²) in [5, 5.41) is 3.97. The van der Waals surface area contributed by atoms with Crippen LogP contribution in [0.15, 0.2) is 42.7 Å². The van der Waals surface area contributed by atoms with Crippen molar-refractivity contribution < 1.29 is 4.74 Å². The highest BCUT2D eigenvalue weighted by atomic mass is 35.5. The van der Waals surface area contributed by atoms with Crippen LogP contribution >= 0.6 is 11.6 Å². The first-order chi connectivity index (χ1) is 8.31. The second kappa shape index (κ2) is 5.55. The van der Waals surface area contributed by atoms with Crippen molar-refractivity contribution in [2.45, 2.75) is 6.54 Å². The summed E-state index contributed by atoms with van der Waals surface area (Å²) in [7, 11) is 1.64. The standard InChI is InChI=1S/C13H13ClN2O/c1-17-13-4-2-3-12(14)11(13)9-16-10-5-7-15-8-6-10/h2-8H,9H2,1H3,(H,15,16). The Bertz CT molecular complexity index is 488. The monoisotopic (exact) mass is 248 g/mol. The number of hydrogen-bond donors (Lipinski definition) is 1. The fraction of sp³-hybridized carbons (Fsp3) is 0.154. The number of halogens is 1. The molecule has 0 aliphatic heterocycles. The molecular formula is C13H13ClN2O. The summed E-state index contributed by atoms with van der Waals surface area (Å²) in [4.78, 5) is 3.96. The van der Waals surface area contributed by atoms with Gasteiger partial charge in [0.05, 0.1) is 7.11 Å². The van der Waals surface area contributed by atoms with Gasteiger partial charge in [-0.3, -0.25) is 4.98 Å². The summed E-state index contributed by atoms with van der Waals surface area (Å²) in [6, 6.07) is 9.44. The average Bonchev–Trinajstić information content (AvgIpc) is 2.38. The lowest BCUT2D eigenvalue weighted by molar-refractivity contribution is 0.410. The van der Waals surface area contributed by atoms with Crippen LogP contribution in [0.3, 0.4) is 0 Å². The van der Waals surface area contributed by atoms with Gasteiger partial charge in [0.25, 0.3) is 0 Å². The first-order valence-corrected chi connectivity index (χ1v) is 5.64. The third kappa shape index (κ3) is 2.88. The van der Waals surface area contributed by atoms with E-state index in [9.17, 15) is 0 Å². The lowest BCUT2D eigenvalue weighted by Crippen LogP contribution is -2.02. The van der Waals surface area contributed by atoms with E-state index in [1.165, 1.54) is 0 Å². The van der Waals surface area contributed by atoms with E-state index in [0.717, 1.165) is 17.0 Å². The third-order valence-corrected chi connectivity index (χ3v) is 2.80. The number of nitrogens with one attached hydrogen (secondary N) is 1. The van der Waals surface area contributed by atoms with Crippen LogP contribution in [0.1, 0.15) is 5.56 Å². The van der Waals surface area contributed by atoms with E-state index in [2.05, 4.69) is 10.3 Å². The minimum Gasteiger partial charge on any atom is -0.496 e. The Labute approximate surface area is 105 Å². The predicted molar refractivity (Wildman–Crippen MR) is 69.6 cm³/mol. The molecule has 0 saturated heterocycles. The molecule has 1 aromatic heterocycles. The molecule has 17 heavy (non-hydrogen) atoms. The highest BCUT2D eigenvalue weighted by Crippen LogP contribution is 2.26. The summed E-state index contributed by atoms with van der Waals surface area (Å²) >= 11 is 6.14. The molecule has 0 unspecified atom stereocenters. The van der Waals surface area contributed by atoms with Gasteiger partial charge in [-0.15, -0.1) is 0 Å². The van der Waals surface area contributed by atoms with E-state index in [1.54, 1.807) is 19.5 Å². The molecule has 0 radical (unpaired) electrons. The summed E-state index contributed by atoms with van der Waals surface area (Å²) in [6.45, 7) is 0.618. The molecule has 0 bridgehead atoms. The van der Waals surface area contributed by atoms with E-state index < -0.39 is 0 Å². The number of aromatic nitrogens is 1. The van der Waals surface area contributed by atoms with E-state index >= 15 is 0 Å². The molecule has 0 aliphatic rings. The average molecular weight is 249 g/mol. The molecular weight excluding hydrogens is 236 g/mol. The number of pyridine rings is 1. The van der Waals surface area contributed by atoms with Crippen molar-refractivity contribution in [3.05, 3.63) is 53.3 Å². The predicted octanol–water partition coefficient (Wildman–Crippen LogP) is 3.36. The smallest absolute Gasteiger partial charge is 0.125 e. The highest BCUT2D eigenvalue weighted by molar-refractivity contribution is 6.31. The van der Waals surface area contributed by atoms with Gasteiger partial charge in [0, 0.05) is 35.2 Å². The largest absolute Gasteiger partial charge is 0.496 e. The van der Waals surface area contributed by atoms with E-state index in [-0.39, 0.29) is 0 Å². The third-order valence-electron chi connectivity index (χ3n) is 2.45. The normalized spacial score (nSPS) is 10.0. The van der Waals surface area contributed by atoms with Crippen molar-refractivity contribution in [3.63, 3.8) is 0 Å². The minimum absolute atomic E-state index is 0.618. The van der Waals surface area contributed by atoms with Crippen LogP contribution in [0.2, 0.25) is 5.02 Å². The zero-order valence-corrected chi connectivity index (χ0v) is 10.2. The van der Waals surface area contributed by atoms with Crippen LogP contribution in [0.5, 0.6) is 5.75 Å². The molecule has 1 aromatic carbocycles. The Morgan fingerprint density at radius 2 is 2.00 bits per heavy atom. The second-order valence-electron chi connectivity index (χ2n) is 3.51. The number of rotatable bonds is 4. The van der Waals surface area contributed by atoms with Crippen LogP contribution in [-0.4, -0.2) is 12.1 Å². The maximum Gasteiger partial charge on any atom is 0.125 e. The molecule has 3 nitrogen and oxygen atoms in total. The maximum absolute atomic E-state index is 6.14. The molecule has 2 rings (SSSR count). The van der Waals surface area contributed by atoms with Crippen LogP contribution in [0.4, 0.5) is 5.69 Å². The number of ether oxygens (including phenoxy) is 1. The number of benzene rings is 1. The first kappa shape index (κ1) is 11.7. The lowest BCUT2D eigenvalue weighted by Gasteiger charge is -2.11. The molecule has 2 aromatic rings. The fourth-order valence-corrected chi connectivity index (χ4v) is 1.79. The van der Waals surface area contributed by atoms with Gasteiger partial charge in [-0.25, -0.2) is 0 Å². The van der Waals surface area contributed by atoms with Gasteiger partial charge in [-0.2, -0.15) is 0 Å². The van der Waals surface area contributed by atoms with Crippen molar-refractivity contribution in [1.82, 2.24) is 4.98 Å². The van der Waals surface area contributed by atoms with Gasteiger partial charge < -0.3 is 10.1 Å². The van der Waals surface area contributed by atoms with Gasteiger partial charge in [0.15, 0.2) is 0 Å².